The third-order valence-electron chi connectivity index (χ3n) is 6.69. The number of carbonyl (C=O) groups is 1. The molecule has 1 N–H and O–H groups in total. The number of rotatable bonds is 5. The highest BCUT2D eigenvalue weighted by atomic mass is 19.1. The minimum atomic E-state index is -0.377. The Labute approximate surface area is 207 Å². The van der Waals surface area contributed by atoms with Crippen molar-refractivity contribution in [2.45, 2.75) is 6.54 Å². The predicted molar refractivity (Wildman–Crippen MR) is 133 cm³/mol. The normalized spacial score (nSPS) is 16.9. The lowest BCUT2D eigenvalue weighted by molar-refractivity contribution is 0.0746. The first kappa shape index (κ1) is 23.9. The number of carbonyl (C=O) groups excluding carboxylic acids is 1. The zero-order chi connectivity index (χ0) is 25.1. The molecule has 3 heterocycles. The first-order chi connectivity index (χ1) is 17.5. The van der Waals surface area contributed by atoms with Crippen molar-refractivity contribution in [1.29, 1.82) is 0 Å². The summed E-state index contributed by atoms with van der Waals surface area (Å²) in [6.45, 7) is 5.41. The van der Waals surface area contributed by atoms with Crippen LogP contribution >= 0.6 is 0 Å². The van der Waals surface area contributed by atoms with E-state index in [1.807, 2.05) is 15.9 Å². The molecule has 1 aromatic heterocycles. The predicted octanol–water partition coefficient (Wildman–Crippen LogP) is 2.33. The van der Waals surface area contributed by atoms with E-state index in [4.69, 9.17) is 4.98 Å². The standard InChI is InChI=1S/C26H28F2N6O2/c27-20-7-5-19(6-8-20)25(36)33-13-15-34(16-14-33)26-29-21(17-24(35)30-26)18-31-9-11-32(12-10-31)23-4-2-1-3-22(23)28/h1-8,17H,9-16,18H2,(H,29,30,35). The molecule has 8 nitrogen and oxygen atoms in total. The number of benzene rings is 2. The Morgan fingerprint density at radius 1 is 0.861 bits per heavy atom. The second-order valence-electron chi connectivity index (χ2n) is 9.06. The molecule has 0 radical (unpaired) electrons. The molecule has 3 aromatic rings. The number of H-pyrrole nitrogens is 1. The van der Waals surface area contributed by atoms with Crippen LogP contribution in [-0.2, 0) is 6.54 Å². The van der Waals surface area contributed by atoms with Gasteiger partial charge in [-0.15, -0.1) is 0 Å². The van der Waals surface area contributed by atoms with Gasteiger partial charge in [0.2, 0.25) is 5.95 Å². The molecule has 5 rings (SSSR count). The molecule has 0 unspecified atom stereocenters. The Morgan fingerprint density at radius 3 is 2.22 bits per heavy atom. The van der Waals surface area contributed by atoms with E-state index in [9.17, 15) is 18.4 Å². The number of aromatic nitrogens is 2. The molecule has 188 valence electrons. The van der Waals surface area contributed by atoms with E-state index in [0.717, 1.165) is 13.1 Å². The highest BCUT2D eigenvalue weighted by Gasteiger charge is 2.24. The molecule has 0 atom stereocenters. The van der Waals surface area contributed by atoms with Gasteiger partial charge in [-0.3, -0.25) is 19.5 Å². The zero-order valence-corrected chi connectivity index (χ0v) is 19.9. The second-order valence-corrected chi connectivity index (χ2v) is 9.06. The number of nitrogens with zero attached hydrogens (tertiary/aromatic N) is 5. The molecule has 36 heavy (non-hydrogen) atoms. The van der Waals surface area contributed by atoms with E-state index < -0.39 is 0 Å². The summed E-state index contributed by atoms with van der Waals surface area (Å²) >= 11 is 0. The number of anilines is 2. The minimum absolute atomic E-state index is 0.139. The summed E-state index contributed by atoms with van der Waals surface area (Å²) in [4.78, 5) is 40.5. The van der Waals surface area contributed by atoms with Crippen molar-refractivity contribution in [2.75, 3.05) is 62.2 Å². The van der Waals surface area contributed by atoms with Gasteiger partial charge in [0.25, 0.3) is 11.5 Å². The Kier molecular flexibility index (Phi) is 6.95. The largest absolute Gasteiger partial charge is 0.367 e. The summed E-state index contributed by atoms with van der Waals surface area (Å²) in [5.41, 5.74) is 1.53. The van der Waals surface area contributed by atoms with Crippen LogP contribution in [0.2, 0.25) is 0 Å². The number of amides is 1. The van der Waals surface area contributed by atoms with E-state index in [-0.39, 0.29) is 23.1 Å². The van der Waals surface area contributed by atoms with Crippen LogP contribution in [0.1, 0.15) is 16.1 Å². The quantitative estimate of drug-likeness (QED) is 0.587. The lowest BCUT2D eigenvalue weighted by Gasteiger charge is -2.36. The monoisotopic (exact) mass is 494 g/mol. The molecule has 0 aliphatic carbocycles. The van der Waals surface area contributed by atoms with Crippen molar-refractivity contribution < 1.29 is 13.6 Å². The van der Waals surface area contributed by atoms with Crippen molar-refractivity contribution in [3.8, 4) is 0 Å². The van der Waals surface area contributed by atoms with Gasteiger partial charge in [0, 0.05) is 70.5 Å². The van der Waals surface area contributed by atoms with E-state index in [1.165, 1.54) is 36.4 Å². The van der Waals surface area contributed by atoms with E-state index in [1.54, 1.807) is 17.0 Å². The summed E-state index contributed by atoms with van der Waals surface area (Å²) < 4.78 is 27.3. The van der Waals surface area contributed by atoms with Crippen molar-refractivity contribution in [2.24, 2.45) is 0 Å². The molecule has 10 heteroatoms. The molecule has 2 aliphatic rings. The van der Waals surface area contributed by atoms with Gasteiger partial charge in [-0.2, -0.15) is 0 Å². The number of aromatic amines is 1. The Hall–Kier alpha value is -3.79. The number of para-hydroxylation sites is 1. The molecule has 0 spiro atoms. The second kappa shape index (κ2) is 10.4. The molecule has 2 saturated heterocycles. The number of nitrogens with one attached hydrogen (secondary N) is 1. The fraction of sp³-hybridized carbons (Fsp3) is 0.346. The van der Waals surface area contributed by atoms with Gasteiger partial charge >= 0.3 is 0 Å². The fourth-order valence-corrected chi connectivity index (χ4v) is 4.71. The van der Waals surface area contributed by atoms with Crippen molar-refractivity contribution in [3.05, 3.63) is 87.8 Å². The van der Waals surface area contributed by atoms with Gasteiger partial charge in [-0.1, -0.05) is 12.1 Å². The minimum Gasteiger partial charge on any atom is -0.367 e. The average molecular weight is 495 g/mol. The van der Waals surface area contributed by atoms with Crippen LogP contribution in [0.4, 0.5) is 20.4 Å². The summed E-state index contributed by atoms with van der Waals surface area (Å²) in [7, 11) is 0. The number of hydrogen-bond donors (Lipinski definition) is 1. The average Bonchev–Trinajstić information content (AvgIpc) is 2.89. The molecule has 2 fully saturated rings. The fourth-order valence-electron chi connectivity index (χ4n) is 4.71. The molecule has 2 aliphatic heterocycles. The van der Waals surface area contributed by atoms with Crippen LogP contribution in [0.25, 0.3) is 0 Å². The summed E-state index contributed by atoms with van der Waals surface area (Å²) in [5.74, 6) is -0.236. The summed E-state index contributed by atoms with van der Waals surface area (Å²) in [5, 5.41) is 0. The van der Waals surface area contributed by atoms with Gasteiger partial charge in [-0.25, -0.2) is 13.8 Å². The van der Waals surface area contributed by atoms with Gasteiger partial charge in [0.05, 0.1) is 11.4 Å². The maximum Gasteiger partial charge on any atom is 0.253 e. The first-order valence-corrected chi connectivity index (χ1v) is 12.1. The van der Waals surface area contributed by atoms with E-state index in [0.29, 0.717) is 68.7 Å². The maximum absolute atomic E-state index is 14.1. The summed E-state index contributed by atoms with van der Waals surface area (Å²) in [6.07, 6.45) is 0. The van der Waals surface area contributed by atoms with Gasteiger partial charge in [-0.05, 0) is 36.4 Å². The Bertz CT molecular complexity index is 1270. The first-order valence-electron chi connectivity index (χ1n) is 12.1. The van der Waals surface area contributed by atoms with Gasteiger partial charge in [0.1, 0.15) is 11.6 Å². The van der Waals surface area contributed by atoms with Crippen LogP contribution in [-0.4, -0.2) is 78.0 Å². The molecular formula is C26H28F2N6O2. The van der Waals surface area contributed by atoms with Crippen molar-refractivity contribution in [3.63, 3.8) is 0 Å². The lowest BCUT2D eigenvalue weighted by atomic mass is 10.2. The molecule has 1 amide bonds. The van der Waals surface area contributed by atoms with Crippen LogP contribution in [0, 0.1) is 11.6 Å². The summed E-state index contributed by atoms with van der Waals surface area (Å²) in [6, 6.07) is 13.9. The highest BCUT2D eigenvalue weighted by molar-refractivity contribution is 5.94. The van der Waals surface area contributed by atoms with Gasteiger partial charge < -0.3 is 14.7 Å². The van der Waals surface area contributed by atoms with Gasteiger partial charge in [0.15, 0.2) is 0 Å². The Morgan fingerprint density at radius 2 is 1.53 bits per heavy atom. The zero-order valence-electron chi connectivity index (χ0n) is 19.9. The molecule has 0 saturated carbocycles. The highest BCUT2D eigenvalue weighted by Crippen LogP contribution is 2.21. The van der Waals surface area contributed by atoms with Crippen molar-refractivity contribution in [1.82, 2.24) is 19.8 Å². The van der Waals surface area contributed by atoms with Crippen molar-refractivity contribution >= 4 is 17.5 Å². The van der Waals surface area contributed by atoms with Crippen LogP contribution in [0.5, 0.6) is 0 Å². The number of piperazine rings is 2. The van der Waals surface area contributed by atoms with E-state index >= 15 is 0 Å². The van der Waals surface area contributed by atoms with Crippen LogP contribution in [0.3, 0.4) is 0 Å². The topological polar surface area (TPSA) is 75.8 Å². The third kappa shape index (κ3) is 5.38. The maximum atomic E-state index is 14.1. The number of hydrogen-bond acceptors (Lipinski definition) is 6. The number of halogens is 2. The Balaban J connectivity index is 1.18. The molecule has 2 aromatic carbocycles. The lowest BCUT2D eigenvalue weighted by Crippen LogP contribution is -2.49. The molecular weight excluding hydrogens is 466 g/mol. The van der Waals surface area contributed by atoms with Crippen LogP contribution < -0.4 is 15.4 Å². The smallest absolute Gasteiger partial charge is 0.253 e. The van der Waals surface area contributed by atoms with E-state index in [2.05, 4.69) is 9.88 Å². The SMILES string of the molecule is O=C(c1ccc(F)cc1)N1CCN(c2nc(CN3CCN(c4ccccc4F)CC3)cc(=O)[nH]2)CC1. The third-order valence-corrected chi connectivity index (χ3v) is 6.69. The molecule has 0 bridgehead atoms. The van der Waals surface area contributed by atoms with Crippen LogP contribution in [0.15, 0.2) is 59.4 Å².